The molecule has 4 amide bonds. The van der Waals surface area contributed by atoms with Crippen LogP contribution >= 0.6 is 0 Å². The standard InChI is InChI=1S/C15H28N4O3/c1-10(2)11(3)17-14(21)12-5-7-19(8-6-12)9-13(20)18-15(22)16-4/h10-12H,5-9H2,1-4H3,(H,17,21)(H2,16,18,20,22). The van der Waals surface area contributed by atoms with Crippen LogP contribution in [0.15, 0.2) is 0 Å². The molecule has 0 aromatic heterocycles. The lowest BCUT2D eigenvalue weighted by molar-refractivity contribution is -0.127. The third-order valence-electron chi connectivity index (χ3n) is 4.18. The first-order valence-electron chi connectivity index (χ1n) is 7.87. The molecule has 126 valence electrons. The van der Waals surface area contributed by atoms with Crippen molar-refractivity contribution in [1.29, 1.82) is 0 Å². The van der Waals surface area contributed by atoms with Gasteiger partial charge >= 0.3 is 6.03 Å². The number of nitrogens with one attached hydrogen (secondary N) is 3. The summed E-state index contributed by atoms with van der Waals surface area (Å²) < 4.78 is 0. The number of nitrogens with zero attached hydrogens (tertiary/aromatic N) is 1. The first-order valence-corrected chi connectivity index (χ1v) is 7.87. The Morgan fingerprint density at radius 1 is 1.14 bits per heavy atom. The predicted octanol–water partition coefficient (Wildman–Crippen LogP) is 0.315. The minimum absolute atomic E-state index is 0.0134. The summed E-state index contributed by atoms with van der Waals surface area (Å²) >= 11 is 0. The van der Waals surface area contributed by atoms with Gasteiger partial charge in [0.25, 0.3) is 0 Å². The molecule has 0 radical (unpaired) electrons. The highest BCUT2D eigenvalue weighted by Gasteiger charge is 2.27. The van der Waals surface area contributed by atoms with Crippen LogP contribution in [0.3, 0.4) is 0 Å². The Labute approximate surface area is 132 Å². The zero-order chi connectivity index (χ0) is 16.7. The minimum Gasteiger partial charge on any atom is -0.353 e. The van der Waals surface area contributed by atoms with Crippen molar-refractivity contribution in [3.8, 4) is 0 Å². The minimum atomic E-state index is -0.498. The fourth-order valence-corrected chi connectivity index (χ4v) is 2.29. The maximum atomic E-state index is 12.2. The maximum Gasteiger partial charge on any atom is 0.321 e. The molecule has 1 aliphatic rings. The van der Waals surface area contributed by atoms with Gasteiger partial charge in [0.05, 0.1) is 6.54 Å². The summed E-state index contributed by atoms with van der Waals surface area (Å²) in [6, 6.07) is -0.328. The largest absolute Gasteiger partial charge is 0.353 e. The molecule has 1 fully saturated rings. The summed E-state index contributed by atoms with van der Waals surface area (Å²) in [6.07, 6.45) is 1.48. The quantitative estimate of drug-likeness (QED) is 0.682. The molecule has 0 bridgehead atoms. The van der Waals surface area contributed by atoms with Crippen LogP contribution in [0, 0.1) is 11.8 Å². The highest BCUT2D eigenvalue weighted by Crippen LogP contribution is 2.17. The Bertz CT molecular complexity index is 404. The van der Waals surface area contributed by atoms with E-state index in [4.69, 9.17) is 0 Å². The van der Waals surface area contributed by atoms with Gasteiger partial charge in [-0.1, -0.05) is 13.8 Å². The molecule has 1 rings (SSSR count). The third kappa shape index (κ3) is 6.01. The normalized spacial score (nSPS) is 17.9. The van der Waals surface area contributed by atoms with Gasteiger partial charge in [-0.05, 0) is 38.8 Å². The Morgan fingerprint density at radius 2 is 1.73 bits per heavy atom. The van der Waals surface area contributed by atoms with Gasteiger partial charge in [0.1, 0.15) is 0 Å². The number of likely N-dealkylation sites (tertiary alicyclic amines) is 1. The van der Waals surface area contributed by atoms with Crippen molar-refractivity contribution in [1.82, 2.24) is 20.9 Å². The number of urea groups is 1. The van der Waals surface area contributed by atoms with Crippen molar-refractivity contribution >= 4 is 17.8 Å². The SMILES string of the molecule is CNC(=O)NC(=O)CN1CCC(C(=O)NC(C)C(C)C)CC1. The summed E-state index contributed by atoms with van der Waals surface area (Å²) in [6.45, 7) is 7.74. The Hall–Kier alpha value is -1.63. The summed E-state index contributed by atoms with van der Waals surface area (Å²) in [5.41, 5.74) is 0. The van der Waals surface area contributed by atoms with Gasteiger partial charge in [-0.3, -0.25) is 19.8 Å². The number of imide groups is 1. The molecule has 0 aliphatic carbocycles. The maximum absolute atomic E-state index is 12.2. The summed E-state index contributed by atoms with van der Waals surface area (Å²) in [7, 11) is 1.46. The second-order valence-corrected chi connectivity index (χ2v) is 6.22. The monoisotopic (exact) mass is 312 g/mol. The highest BCUT2D eigenvalue weighted by atomic mass is 16.2. The van der Waals surface area contributed by atoms with Crippen LogP contribution in [-0.4, -0.2) is 55.5 Å². The van der Waals surface area contributed by atoms with Crippen molar-refractivity contribution in [2.45, 2.75) is 39.7 Å². The van der Waals surface area contributed by atoms with Gasteiger partial charge in [0.15, 0.2) is 0 Å². The molecule has 1 aliphatic heterocycles. The number of carbonyl (C=O) groups is 3. The zero-order valence-corrected chi connectivity index (χ0v) is 13.9. The van der Waals surface area contributed by atoms with Gasteiger partial charge in [-0.15, -0.1) is 0 Å². The molecule has 0 aromatic rings. The van der Waals surface area contributed by atoms with E-state index in [9.17, 15) is 14.4 Å². The van der Waals surface area contributed by atoms with Gasteiger partial charge in [0.2, 0.25) is 11.8 Å². The van der Waals surface area contributed by atoms with E-state index >= 15 is 0 Å². The number of rotatable bonds is 5. The number of amides is 4. The Balaban J connectivity index is 2.32. The van der Waals surface area contributed by atoms with E-state index in [1.807, 2.05) is 11.8 Å². The number of hydrogen-bond acceptors (Lipinski definition) is 4. The zero-order valence-electron chi connectivity index (χ0n) is 13.9. The molecule has 0 spiro atoms. The lowest BCUT2D eigenvalue weighted by Crippen LogP contribution is -2.48. The van der Waals surface area contributed by atoms with Crippen molar-refractivity contribution in [3.05, 3.63) is 0 Å². The van der Waals surface area contributed by atoms with Crippen LogP contribution in [-0.2, 0) is 9.59 Å². The third-order valence-corrected chi connectivity index (χ3v) is 4.18. The van der Waals surface area contributed by atoms with E-state index < -0.39 is 6.03 Å². The first kappa shape index (κ1) is 18.4. The van der Waals surface area contributed by atoms with Crippen LogP contribution in [0.5, 0.6) is 0 Å². The van der Waals surface area contributed by atoms with Gasteiger partial charge in [0, 0.05) is 19.0 Å². The molecule has 22 heavy (non-hydrogen) atoms. The molecule has 0 aromatic carbocycles. The summed E-state index contributed by atoms with van der Waals surface area (Å²) in [5.74, 6) is 0.211. The topological polar surface area (TPSA) is 90.5 Å². The molecule has 3 N–H and O–H groups in total. The molecular weight excluding hydrogens is 284 g/mol. The van der Waals surface area contributed by atoms with E-state index in [-0.39, 0.29) is 30.3 Å². The smallest absolute Gasteiger partial charge is 0.321 e. The number of piperidine rings is 1. The van der Waals surface area contributed by atoms with E-state index in [2.05, 4.69) is 29.8 Å². The molecule has 1 unspecified atom stereocenters. The van der Waals surface area contributed by atoms with E-state index in [0.29, 0.717) is 19.0 Å². The highest BCUT2D eigenvalue weighted by molar-refractivity contribution is 5.95. The molecule has 7 nitrogen and oxygen atoms in total. The van der Waals surface area contributed by atoms with E-state index in [0.717, 1.165) is 12.8 Å². The van der Waals surface area contributed by atoms with Crippen LogP contribution in [0.25, 0.3) is 0 Å². The van der Waals surface area contributed by atoms with Crippen LogP contribution < -0.4 is 16.0 Å². The number of hydrogen-bond donors (Lipinski definition) is 3. The van der Waals surface area contributed by atoms with Crippen LogP contribution in [0.2, 0.25) is 0 Å². The molecule has 1 heterocycles. The summed E-state index contributed by atoms with van der Waals surface area (Å²) in [4.78, 5) is 36.8. The van der Waals surface area contributed by atoms with Crippen molar-refractivity contribution in [2.75, 3.05) is 26.7 Å². The first-order chi connectivity index (χ1) is 10.3. The average Bonchev–Trinajstić information content (AvgIpc) is 2.47. The molecule has 7 heteroatoms. The molecule has 1 saturated heterocycles. The summed E-state index contributed by atoms with van der Waals surface area (Å²) in [5, 5.41) is 7.63. The fourth-order valence-electron chi connectivity index (χ4n) is 2.29. The van der Waals surface area contributed by atoms with Crippen LogP contribution in [0.4, 0.5) is 4.79 Å². The second-order valence-electron chi connectivity index (χ2n) is 6.22. The fraction of sp³-hybridized carbons (Fsp3) is 0.800. The second kappa shape index (κ2) is 8.73. The van der Waals surface area contributed by atoms with E-state index in [1.54, 1.807) is 0 Å². The average molecular weight is 312 g/mol. The Morgan fingerprint density at radius 3 is 2.23 bits per heavy atom. The predicted molar refractivity (Wildman–Crippen MR) is 84.2 cm³/mol. The van der Waals surface area contributed by atoms with Gasteiger partial charge in [-0.25, -0.2) is 4.79 Å². The van der Waals surface area contributed by atoms with Crippen molar-refractivity contribution in [2.24, 2.45) is 11.8 Å². The molecular formula is C15H28N4O3. The number of carbonyl (C=O) groups excluding carboxylic acids is 3. The lowest BCUT2D eigenvalue weighted by Gasteiger charge is -2.31. The molecule has 0 saturated carbocycles. The van der Waals surface area contributed by atoms with Crippen molar-refractivity contribution < 1.29 is 14.4 Å². The van der Waals surface area contributed by atoms with E-state index in [1.165, 1.54) is 7.05 Å². The Kier molecular flexibility index (Phi) is 7.31. The van der Waals surface area contributed by atoms with Gasteiger partial charge < -0.3 is 10.6 Å². The van der Waals surface area contributed by atoms with Gasteiger partial charge in [-0.2, -0.15) is 0 Å². The van der Waals surface area contributed by atoms with Crippen molar-refractivity contribution in [3.63, 3.8) is 0 Å². The molecule has 1 atom stereocenters. The van der Waals surface area contributed by atoms with Crippen LogP contribution in [0.1, 0.15) is 33.6 Å². The lowest BCUT2D eigenvalue weighted by atomic mass is 9.95.